The molecule has 1 aliphatic rings. The SMILES string of the molecule is O=C(c1cn[nH]c1)N1CCCCO1. The van der Waals surface area contributed by atoms with Crippen molar-refractivity contribution < 1.29 is 9.63 Å². The first-order chi connectivity index (χ1) is 6.38. The van der Waals surface area contributed by atoms with E-state index in [-0.39, 0.29) is 5.91 Å². The van der Waals surface area contributed by atoms with E-state index in [1.54, 1.807) is 6.20 Å². The number of H-pyrrole nitrogens is 1. The van der Waals surface area contributed by atoms with Crippen LogP contribution in [0.15, 0.2) is 12.4 Å². The molecule has 1 amide bonds. The van der Waals surface area contributed by atoms with Gasteiger partial charge in [-0.2, -0.15) is 5.10 Å². The minimum Gasteiger partial charge on any atom is -0.285 e. The van der Waals surface area contributed by atoms with E-state index in [0.29, 0.717) is 18.7 Å². The van der Waals surface area contributed by atoms with Gasteiger partial charge in [0.05, 0.1) is 18.4 Å². The van der Waals surface area contributed by atoms with Crippen molar-refractivity contribution in [2.75, 3.05) is 13.2 Å². The fourth-order valence-electron chi connectivity index (χ4n) is 1.27. The predicted octanol–water partition coefficient (Wildman–Crippen LogP) is 0.577. The normalized spacial score (nSPS) is 17.4. The van der Waals surface area contributed by atoms with E-state index < -0.39 is 0 Å². The second kappa shape index (κ2) is 3.57. The number of hydrogen-bond acceptors (Lipinski definition) is 3. The molecule has 2 rings (SSSR count). The predicted molar refractivity (Wildman–Crippen MR) is 44.8 cm³/mol. The van der Waals surface area contributed by atoms with Crippen molar-refractivity contribution in [1.82, 2.24) is 15.3 Å². The Morgan fingerprint density at radius 2 is 2.54 bits per heavy atom. The number of nitrogens with zero attached hydrogens (tertiary/aromatic N) is 2. The van der Waals surface area contributed by atoms with E-state index in [4.69, 9.17) is 4.84 Å². The van der Waals surface area contributed by atoms with E-state index in [0.717, 1.165) is 12.8 Å². The van der Waals surface area contributed by atoms with Gasteiger partial charge in [0.2, 0.25) is 0 Å². The van der Waals surface area contributed by atoms with Crippen LogP contribution in [-0.4, -0.2) is 34.3 Å². The Labute approximate surface area is 75.6 Å². The van der Waals surface area contributed by atoms with Crippen molar-refractivity contribution in [3.63, 3.8) is 0 Å². The molecule has 0 unspecified atom stereocenters. The van der Waals surface area contributed by atoms with Crippen LogP contribution in [-0.2, 0) is 4.84 Å². The van der Waals surface area contributed by atoms with Gasteiger partial charge in [0.15, 0.2) is 0 Å². The molecule has 1 aromatic heterocycles. The first-order valence-corrected chi connectivity index (χ1v) is 4.31. The largest absolute Gasteiger partial charge is 0.285 e. The van der Waals surface area contributed by atoms with Gasteiger partial charge in [-0.15, -0.1) is 0 Å². The van der Waals surface area contributed by atoms with Crippen LogP contribution in [0.25, 0.3) is 0 Å². The molecule has 0 bridgehead atoms. The number of rotatable bonds is 1. The number of hydrogen-bond donors (Lipinski definition) is 1. The van der Waals surface area contributed by atoms with E-state index in [9.17, 15) is 4.79 Å². The molecular weight excluding hydrogens is 170 g/mol. The highest BCUT2D eigenvalue weighted by Gasteiger charge is 2.19. The van der Waals surface area contributed by atoms with E-state index in [1.165, 1.54) is 11.3 Å². The van der Waals surface area contributed by atoms with Crippen LogP contribution in [0.3, 0.4) is 0 Å². The van der Waals surface area contributed by atoms with Crippen LogP contribution in [0, 0.1) is 0 Å². The highest BCUT2D eigenvalue weighted by molar-refractivity contribution is 5.92. The Morgan fingerprint density at radius 1 is 1.62 bits per heavy atom. The summed E-state index contributed by atoms with van der Waals surface area (Å²) in [7, 11) is 0. The van der Waals surface area contributed by atoms with Gasteiger partial charge in [-0.05, 0) is 12.8 Å². The maximum atomic E-state index is 11.6. The lowest BCUT2D eigenvalue weighted by molar-refractivity contribution is -0.144. The number of carbonyl (C=O) groups excluding carboxylic acids is 1. The number of amides is 1. The van der Waals surface area contributed by atoms with Crippen LogP contribution >= 0.6 is 0 Å². The summed E-state index contributed by atoms with van der Waals surface area (Å²) in [4.78, 5) is 16.8. The van der Waals surface area contributed by atoms with Gasteiger partial charge < -0.3 is 0 Å². The van der Waals surface area contributed by atoms with E-state index in [2.05, 4.69) is 10.2 Å². The molecule has 0 atom stereocenters. The maximum absolute atomic E-state index is 11.6. The monoisotopic (exact) mass is 181 g/mol. The van der Waals surface area contributed by atoms with Crippen LogP contribution < -0.4 is 0 Å². The van der Waals surface area contributed by atoms with Crippen molar-refractivity contribution in [2.24, 2.45) is 0 Å². The third-order valence-corrected chi connectivity index (χ3v) is 1.97. The van der Waals surface area contributed by atoms with Crippen LogP contribution in [0.4, 0.5) is 0 Å². The fourth-order valence-corrected chi connectivity index (χ4v) is 1.27. The molecule has 1 aliphatic heterocycles. The number of aromatic amines is 1. The highest BCUT2D eigenvalue weighted by Crippen LogP contribution is 2.09. The zero-order valence-corrected chi connectivity index (χ0v) is 7.19. The Balaban J connectivity index is 2.04. The minimum atomic E-state index is -0.117. The number of carbonyl (C=O) groups is 1. The molecule has 5 heteroatoms. The lowest BCUT2D eigenvalue weighted by Gasteiger charge is -2.25. The van der Waals surface area contributed by atoms with Gasteiger partial charge in [0.25, 0.3) is 5.91 Å². The lowest BCUT2D eigenvalue weighted by atomic mass is 10.2. The third-order valence-electron chi connectivity index (χ3n) is 1.97. The van der Waals surface area contributed by atoms with Gasteiger partial charge in [0.1, 0.15) is 0 Å². The van der Waals surface area contributed by atoms with Crippen LogP contribution in [0.5, 0.6) is 0 Å². The number of nitrogens with one attached hydrogen (secondary N) is 1. The molecule has 0 spiro atoms. The van der Waals surface area contributed by atoms with Crippen molar-refractivity contribution in [3.8, 4) is 0 Å². The molecule has 2 heterocycles. The quantitative estimate of drug-likeness (QED) is 0.689. The molecule has 70 valence electrons. The smallest absolute Gasteiger partial charge is 0.280 e. The van der Waals surface area contributed by atoms with Crippen molar-refractivity contribution in [1.29, 1.82) is 0 Å². The topological polar surface area (TPSA) is 58.2 Å². The molecule has 0 radical (unpaired) electrons. The summed E-state index contributed by atoms with van der Waals surface area (Å²) in [5.41, 5.74) is 0.543. The first kappa shape index (κ1) is 8.25. The summed E-state index contributed by atoms with van der Waals surface area (Å²) in [6.45, 7) is 1.30. The van der Waals surface area contributed by atoms with Crippen molar-refractivity contribution in [3.05, 3.63) is 18.0 Å². The Bertz CT molecular complexity index is 278. The third kappa shape index (κ3) is 1.70. The van der Waals surface area contributed by atoms with E-state index in [1.807, 2.05) is 0 Å². The zero-order valence-electron chi connectivity index (χ0n) is 7.19. The molecule has 5 nitrogen and oxygen atoms in total. The van der Waals surface area contributed by atoms with Crippen LogP contribution in [0.1, 0.15) is 23.2 Å². The summed E-state index contributed by atoms with van der Waals surface area (Å²) in [6.07, 6.45) is 5.10. The molecule has 1 saturated heterocycles. The van der Waals surface area contributed by atoms with Crippen molar-refractivity contribution in [2.45, 2.75) is 12.8 Å². The number of hydroxylamine groups is 2. The fraction of sp³-hybridized carbons (Fsp3) is 0.500. The Kier molecular flexibility index (Phi) is 2.27. The lowest BCUT2D eigenvalue weighted by Crippen LogP contribution is -2.35. The van der Waals surface area contributed by atoms with Gasteiger partial charge >= 0.3 is 0 Å². The highest BCUT2D eigenvalue weighted by atomic mass is 16.7. The Hall–Kier alpha value is -1.36. The van der Waals surface area contributed by atoms with Gasteiger partial charge in [-0.1, -0.05) is 0 Å². The summed E-state index contributed by atoms with van der Waals surface area (Å²) < 4.78 is 0. The van der Waals surface area contributed by atoms with Gasteiger partial charge in [0, 0.05) is 12.7 Å². The molecule has 0 saturated carbocycles. The molecule has 13 heavy (non-hydrogen) atoms. The van der Waals surface area contributed by atoms with E-state index >= 15 is 0 Å². The van der Waals surface area contributed by atoms with Crippen LogP contribution in [0.2, 0.25) is 0 Å². The summed E-state index contributed by atoms with van der Waals surface area (Å²) in [5, 5.41) is 7.70. The van der Waals surface area contributed by atoms with Gasteiger partial charge in [-0.3, -0.25) is 14.7 Å². The van der Waals surface area contributed by atoms with Crippen molar-refractivity contribution >= 4 is 5.91 Å². The summed E-state index contributed by atoms with van der Waals surface area (Å²) in [6, 6.07) is 0. The molecule has 0 aromatic carbocycles. The average Bonchev–Trinajstić information content (AvgIpc) is 2.71. The average molecular weight is 181 g/mol. The molecular formula is C8H11N3O2. The zero-order chi connectivity index (χ0) is 9.10. The summed E-state index contributed by atoms with van der Waals surface area (Å²) >= 11 is 0. The molecule has 0 aliphatic carbocycles. The Morgan fingerprint density at radius 3 is 3.15 bits per heavy atom. The second-order valence-corrected chi connectivity index (χ2v) is 2.93. The first-order valence-electron chi connectivity index (χ1n) is 4.31. The maximum Gasteiger partial charge on any atom is 0.280 e. The minimum absolute atomic E-state index is 0.117. The summed E-state index contributed by atoms with van der Waals surface area (Å²) in [5.74, 6) is -0.117. The molecule has 1 aromatic rings. The molecule has 1 N–H and O–H groups in total. The molecule has 1 fully saturated rings. The second-order valence-electron chi connectivity index (χ2n) is 2.93. The number of aromatic nitrogens is 2. The standard InChI is InChI=1S/C8H11N3O2/c12-8(7-5-9-10-6-7)11-3-1-2-4-13-11/h5-6H,1-4H2,(H,9,10). The van der Waals surface area contributed by atoms with Gasteiger partial charge in [-0.25, -0.2) is 5.06 Å².